The van der Waals surface area contributed by atoms with Crippen molar-refractivity contribution in [2.75, 3.05) is 19.9 Å². The van der Waals surface area contributed by atoms with Gasteiger partial charge in [-0.2, -0.15) is 13.2 Å². The fraction of sp³-hybridized carbons (Fsp3) is 0.571. The minimum absolute atomic E-state index is 0.431. The fourth-order valence-electron chi connectivity index (χ4n) is 1.54. The molecule has 3 nitrogen and oxygen atoms in total. The summed E-state index contributed by atoms with van der Waals surface area (Å²) in [6.07, 6.45) is -4.34. The van der Waals surface area contributed by atoms with Gasteiger partial charge in [0.1, 0.15) is 12.4 Å². The summed E-state index contributed by atoms with van der Waals surface area (Å²) in [7, 11) is 0. The molecule has 0 aliphatic carbocycles. The van der Waals surface area contributed by atoms with E-state index in [1.54, 1.807) is 18.2 Å². The number of benzene rings is 1. The molecule has 0 bridgehead atoms. The van der Waals surface area contributed by atoms with Crippen LogP contribution in [0.1, 0.15) is 19.4 Å². The highest BCUT2D eigenvalue weighted by atomic mass is 79.9. The van der Waals surface area contributed by atoms with Crippen molar-refractivity contribution >= 4 is 15.9 Å². The number of rotatable bonds is 8. The van der Waals surface area contributed by atoms with Crippen molar-refractivity contribution in [2.24, 2.45) is 5.92 Å². The Labute approximate surface area is 130 Å². The summed E-state index contributed by atoms with van der Waals surface area (Å²) in [5.74, 6) is 1.01. The smallest absolute Gasteiger partial charge is 0.411 e. The quantitative estimate of drug-likeness (QED) is 0.552. The second kappa shape index (κ2) is 8.60. The average Bonchev–Trinajstić information content (AvgIpc) is 2.36. The molecule has 0 fully saturated rings. The van der Waals surface area contributed by atoms with Crippen LogP contribution >= 0.6 is 15.9 Å². The Hall–Kier alpha value is -0.790. The third kappa shape index (κ3) is 8.28. The Morgan fingerprint density at radius 1 is 1.29 bits per heavy atom. The molecule has 1 rings (SSSR count). The lowest BCUT2D eigenvalue weighted by Gasteiger charge is -2.12. The van der Waals surface area contributed by atoms with Crippen LogP contribution in [-0.4, -0.2) is 26.1 Å². The summed E-state index contributed by atoms with van der Waals surface area (Å²) < 4.78 is 46.2. The SMILES string of the molecule is CC(C)CNCc1cc(OCOCC(F)(F)F)ccc1Br. The molecule has 0 heterocycles. The lowest BCUT2D eigenvalue weighted by molar-refractivity contribution is -0.186. The first-order valence-electron chi connectivity index (χ1n) is 6.54. The zero-order chi connectivity index (χ0) is 15.9. The number of halogens is 4. The van der Waals surface area contributed by atoms with Crippen LogP contribution in [-0.2, 0) is 11.3 Å². The van der Waals surface area contributed by atoms with Crippen LogP contribution in [0.5, 0.6) is 5.75 Å². The number of nitrogens with one attached hydrogen (secondary N) is 1. The summed E-state index contributed by atoms with van der Waals surface area (Å²) in [6.45, 7) is 4.01. The first-order valence-corrected chi connectivity index (χ1v) is 7.33. The van der Waals surface area contributed by atoms with Gasteiger partial charge in [0, 0.05) is 11.0 Å². The molecule has 21 heavy (non-hydrogen) atoms. The van der Waals surface area contributed by atoms with Gasteiger partial charge >= 0.3 is 6.18 Å². The largest absolute Gasteiger partial charge is 0.468 e. The Morgan fingerprint density at radius 2 is 2.00 bits per heavy atom. The Balaban J connectivity index is 2.45. The summed E-state index contributed by atoms with van der Waals surface area (Å²) in [5.41, 5.74) is 0.976. The Bertz CT molecular complexity index is 439. The Morgan fingerprint density at radius 3 is 2.62 bits per heavy atom. The van der Waals surface area contributed by atoms with Gasteiger partial charge in [0.2, 0.25) is 0 Å². The van der Waals surface area contributed by atoms with Crippen LogP contribution in [0, 0.1) is 5.92 Å². The summed E-state index contributed by atoms with van der Waals surface area (Å²) in [6, 6.07) is 5.24. The molecular weight excluding hydrogens is 351 g/mol. The van der Waals surface area contributed by atoms with Crippen molar-refractivity contribution in [3.05, 3.63) is 28.2 Å². The van der Waals surface area contributed by atoms with E-state index in [0.29, 0.717) is 18.2 Å². The van der Waals surface area contributed by atoms with E-state index in [4.69, 9.17) is 4.74 Å². The Kier molecular flexibility index (Phi) is 7.48. The molecular formula is C14H19BrF3NO2. The molecule has 1 aromatic carbocycles. The predicted octanol–water partition coefficient (Wildman–Crippen LogP) is 4.11. The van der Waals surface area contributed by atoms with Crippen molar-refractivity contribution < 1.29 is 22.6 Å². The van der Waals surface area contributed by atoms with Crippen LogP contribution in [0.2, 0.25) is 0 Å². The summed E-state index contributed by atoms with van der Waals surface area (Å²) >= 11 is 3.43. The highest BCUT2D eigenvalue weighted by Gasteiger charge is 2.27. The normalized spacial score (nSPS) is 12.0. The van der Waals surface area contributed by atoms with Crippen LogP contribution in [0.15, 0.2) is 22.7 Å². The number of hydrogen-bond donors (Lipinski definition) is 1. The molecule has 0 saturated heterocycles. The lowest BCUT2D eigenvalue weighted by atomic mass is 10.2. The maximum Gasteiger partial charge on any atom is 0.411 e. The molecule has 0 aromatic heterocycles. The topological polar surface area (TPSA) is 30.5 Å². The third-order valence-electron chi connectivity index (χ3n) is 2.46. The third-order valence-corrected chi connectivity index (χ3v) is 3.23. The highest BCUT2D eigenvalue weighted by Crippen LogP contribution is 2.23. The van der Waals surface area contributed by atoms with Crippen LogP contribution < -0.4 is 10.1 Å². The molecule has 0 atom stereocenters. The van der Waals surface area contributed by atoms with Crippen LogP contribution in [0.3, 0.4) is 0 Å². The zero-order valence-electron chi connectivity index (χ0n) is 12.0. The van der Waals surface area contributed by atoms with Gasteiger partial charge in [0.05, 0.1) is 0 Å². The van der Waals surface area contributed by atoms with E-state index >= 15 is 0 Å². The van der Waals surface area contributed by atoms with E-state index < -0.39 is 19.6 Å². The van der Waals surface area contributed by atoms with Gasteiger partial charge in [-0.05, 0) is 36.2 Å². The van der Waals surface area contributed by atoms with Gasteiger partial charge in [-0.15, -0.1) is 0 Å². The van der Waals surface area contributed by atoms with Gasteiger partial charge < -0.3 is 14.8 Å². The first kappa shape index (κ1) is 18.3. The van der Waals surface area contributed by atoms with Gasteiger partial charge in [0.15, 0.2) is 6.79 Å². The maximum absolute atomic E-state index is 11.9. The summed E-state index contributed by atoms with van der Waals surface area (Å²) in [4.78, 5) is 0. The average molecular weight is 370 g/mol. The number of ether oxygens (including phenoxy) is 2. The molecule has 1 N–H and O–H groups in total. The first-order chi connectivity index (χ1) is 9.78. The molecule has 0 aliphatic heterocycles. The maximum atomic E-state index is 11.9. The highest BCUT2D eigenvalue weighted by molar-refractivity contribution is 9.10. The van der Waals surface area contributed by atoms with Crippen molar-refractivity contribution in [1.29, 1.82) is 0 Å². The molecule has 0 aliphatic rings. The monoisotopic (exact) mass is 369 g/mol. The molecule has 0 spiro atoms. The minimum atomic E-state index is -4.34. The molecule has 1 aromatic rings. The van der Waals surface area contributed by atoms with E-state index in [0.717, 1.165) is 16.6 Å². The minimum Gasteiger partial charge on any atom is -0.468 e. The second-order valence-corrected chi connectivity index (χ2v) is 5.86. The van der Waals surface area contributed by atoms with E-state index in [-0.39, 0.29) is 0 Å². The van der Waals surface area contributed by atoms with Gasteiger partial charge in [0.25, 0.3) is 0 Å². The molecule has 7 heteroatoms. The van der Waals surface area contributed by atoms with E-state index in [9.17, 15) is 13.2 Å². The number of hydrogen-bond acceptors (Lipinski definition) is 3. The predicted molar refractivity (Wildman–Crippen MR) is 78.2 cm³/mol. The van der Waals surface area contributed by atoms with E-state index in [1.807, 2.05) is 0 Å². The van der Waals surface area contributed by atoms with Crippen molar-refractivity contribution in [2.45, 2.75) is 26.6 Å². The molecule has 0 unspecified atom stereocenters. The van der Waals surface area contributed by atoms with E-state index in [1.165, 1.54) is 0 Å². The van der Waals surface area contributed by atoms with E-state index in [2.05, 4.69) is 39.8 Å². The molecule has 0 radical (unpaired) electrons. The second-order valence-electron chi connectivity index (χ2n) is 5.00. The molecule has 120 valence electrons. The molecule has 0 saturated carbocycles. The van der Waals surface area contributed by atoms with Crippen LogP contribution in [0.4, 0.5) is 13.2 Å². The summed E-state index contributed by atoms with van der Waals surface area (Å²) in [5, 5.41) is 3.29. The standard InChI is InChI=1S/C14H19BrF3NO2/c1-10(2)6-19-7-11-5-12(3-4-13(11)15)21-9-20-8-14(16,17)18/h3-5,10,19H,6-9H2,1-2H3. The fourth-order valence-corrected chi connectivity index (χ4v) is 1.93. The lowest BCUT2D eigenvalue weighted by Crippen LogP contribution is -2.20. The van der Waals surface area contributed by atoms with Crippen LogP contribution in [0.25, 0.3) is 0 Å². The van der Waals surface area contributed by atoms with Gasteiger partial charge in [-0.1, -0.05) is 29.8 Å². The molecule has 0 amide bonds. The number of alkyl halides is 3. The zero-order valence-corrected chi connectivity index (χ0v) is 13.6. The van der Waals surface area contributed by atoms with Crippen molar-refractivity contribution in [3.8, 4) is 5.75 Å². The van der Waals surface area contributed by atoms with Crippen molar-refractivity contribution in [1.82, 2.24) is 5.32 Å². The van der Waals surface area contributed by atoms with Crippen molar-refractivity contribution in [3.63, 3.8) is 0 Å². The van der Waals surface area contributed by atoms with Gasteiger partial charge in [-0.25, -0.2) is 0 Å². The van der Waals surface area contributed by atoms with Gasteiger partial charge in [-0.3, -0.25) is 0 Å².